The number of aryl methyl sites for hydroxylation is 2. The zero-order chi connectivity index (χ0) is 12.6. The van der Waals surface area contributed by atoms with Crippen LogP contribution in [0, 0.1) is 13.8 Å². The first kappa shape index (κ1) is 13.5. The third kappa shape index (κ3) is 3.47. The van der Waals surface area contributed by atoms with Crippen molar-refractivity contribution in [3.63, 3.8) is 0 Å². The van der Waals surface area contributed by atoms with Crippen molar-refractivity contribution in [2.45, 2.75) is 18.7 Å². The molecule has 0 bridgehead atoms. The number of hydrogen-bond acceptors (Lipinski definition) is 3. The minimum absolute atomic E-state index is 0.361. The van der Waals surface area contributed by atoms with Gasteiger partial charge in [-0.05, 0) is 37.1 Å². The Kier molecular flexibility index (Phi) is 3.66. The Balaban J connectivity index is 3.46. The fourth-order valence-electron chi connectivity index (χ4n) is 1.16. The van der Waals surface area contributed by atoms with Gasteiger partial charge in [-0.15, -0.1) is 0 Å². The second-order valence-corrected chi connectivity index (χ2v) is 8.20. The summed E-state index contributed by atoms with van der Waals surface area (Å²) in [7, 11) is -2.17. The highest BCUT2D eigenvalue weighted by molar-refractivity contribution is 8.17. The van der Waals surface area contributed by atoms with Crippen molar-refractivity contribution in [2.75, 3.05) is 6.26 Å². The third-order valence-electron chi connectivity index (χ3n) is 2.15. The van der Waals surface area contributed by atoms with Crippen molar-refractivity contribution in [3.8, 4) is 0 Å². The van der Waals surface area contributed by atoms with Crippen molar-refractivity contribution in [1.29, 1.82) is 0 Å². The van der Waals surface area contributed by atoms with E-state index in [9.17, 15) is 12.6 Å². The second-order valence-electron chi connectivity index (χ2n) is 3.54. The van der Waals surface area contributed by atoms with Crippen molar-refractivity contribution in [1.82, 2.24) is 0 Å². The highest BCUT2D eigenvalue weighted by atomic mass is 35.7. The van der Waals surface area contributed by atoms with Gasteiger partial charge >= 0.3 is 9.24 Å². The molecule has 0 radical (unpaired) electrons. The molecule has 0 aliphatic heterocycles. The zero-order valence-electron chi connectivity index (χ0n) is 9.10. The van der Waals surface area contributed by atoms with Crippen LogP contribution < -0.4 is 0 Å². The van der Waals surface area contributed by atoms with Gasteiger partial charge in [0.15, 0.2) is 0 Å². The molecule has 0 saturated heterocycles. The summed E-state index contributed by atoms with van der Waals surface area (Å²) in [6.07, 6.45) is 1.25. The topological polar surface area (TPSA) is 63.6 Å². The standard InChI is InChI=1S/C9H12ClNO3S2/c1-7-4-5-9(6-8(7)2)15(3,12)11-16(10,13)14/h4-6H,1-3H3/t15-/m1/s1. The minimum atomic E-state index is -4.13. The lowest BCUT2D eigenvalue weighted by atomic mass is 10.1. The fraction of sp³-hybridized carbons (Fsp3) is 0.333. The third-order valence-corrected chi connectivity index (χ3v) is 5.63. The first-order chi connectivity index (χ1) is 7.12. The van der Waals surface area contributed by atoms with Crippen LogP contribution in [-0.2, 0) is 19.0 Å². The van der Waals surface area contributed by atoms with Gasteiger partial charge in [0.1, 0.15) is 0 Å². The molecule has 7 heteroatoms. The maximum absolute atomic E-state index is 12.0. The predicted molar refractivity (Wildman–Crippen MR) is 65.4 cm³/mol. The molecule has 1 aromatic carbocycles. The van der Waals surface area contributed by atoms with Crippen molar-refractivity contribution >= 4 is 29.6 Å². The van der Waals surface area contributed by atoms with Gasteiger partial charge in [-0.25, -0.2) is 4.21 Å². The average Bonchev–Trinajstić information content (AvgIpc) is 2.05. The van der Waals surface area contributed by atoms with Gasteiger partial charge in [-0.3, -0.25) is 0 Å². The van der Waals surface area contributed by atoms with E-state index in [1.807, 2.05) is 13.8 Å². The van der Waals surface area contributed by atoms with Crippen LogP contribution in [-0.4, -0.2) is 18.9 Å². The van der Waals surface area contributed by atoms with Gasteiger partial charge in [0.2, 0.25) is 0 Å². The molecule has 0 saturated carbocycles. The predicted octanol–water partition coefficient (Wildman–Crippen LogP) is 2.24. The number of rotatable bonds is 2. The van der Waals surface area contributed by atoms with Crippen LogP contribution in [0.4, 0.5) is 0 Å². The van der Waals surface area contributed by atoms with E-state index in [2.05, 4.69) is 3.77 Å². The lowest BCUT2D eigenvalue weighted by Crippen LogP contribution is -2.01. The molecule has 0 unspecified atom stereocenters. The highest BCUT2D eigenvalue weighted by Gasteiger charge is 2.12. The smallest absolute Gasteiger partial charge is 0.244 e. The van der Waals surface area contributed by atoms with Gasteiger partial charge in [-0.2, -0.15) is 8.42 Å². The summed E-state index contributed by atoms with van der Waals surface area (Å²) in [4.78, 5) is 0.361. The SMILES string of the molecule is Cc1ccc([S@@](C)(=O)=NS(=O)(=O)Cl)cc1C. The largest absolute Gasteiger partial charge is 0.347 e. The van der Waals surface area contributed by atoms with Crippen molar-refractivity contribution in [2.24, 2.45) is 3.77 Å². The van der Waals surface area contributed by atoms with E-state index in [-0.39, 0.29) is 0 Å². The van der Waals surface area contributed by atoms with E-state index in [1.54, 1.807) is 18.2 Å². The van der Waals surface area contributed by atoms with Gasteiger partial charge in [0, 0.05) is 21.8 Å². The number of benzene rings is 1. The van der Waals surface area contributed by atoms with Crippen LogP contribution in [0.15, 0.2) is 26.9 Å². The Morgan fingerprint density at radius 3 is 2.12 bits per heavy atom. The summed E-state index contributed by atoms with van der Waals surface area (Å²) >= 11 is 0. The maximum Gasteiger partial charge on any atom is 0.347 e. The van der Waals surface area contributed by atoms with E-state index in [0.29, 0.717) is 4.90 Å². The molecule has 16 heavy (non-hydrogen) atoms. The molecule has 0 fully saturated rings. The molecule has 0 aliphatic rings. The molecule has 1 atom stereocenters. The van der Waals surface area contributed by atoms with E-state index >= 15 is 0 Å². The molecule has 0 spiro atoms. The molecule has 4 nitrogen and oxygen atoms in total. The Hall–Kier alpha value is -0.590. The van der Waals surface area contributed by atoms with Gasteiger partial charge in [-0.1, -0.05) is 9.83 Å². The van der Waals surface area contributed by atoms with E-state index in [1.165, 1.54) is 6.26 Å². The quantitative estimate of drug-likeness (QED) is 0.781. The molecule has 1 rings (SSSR count). The lowest BCUT2D eigenvalue weighted by Gasteiger charge is -2.06. The summed E-state index contributed by atoms with van der Waals surface area (Å²) in [6, 6.07) is 5.02. The number of nitrogens with zero attached hydrogens (tertiary/aromatic N) is 1. The fourth-order valence-corrected chi connectivity index (χ4v) is 4.55. The average molecular weight is 282 g/mol. The normalized spacial score (nSPS) is 15.5. The van der Waals surface area contributed by atoms with E-state index in [4.69, 9.17) is 10.7 Å². The summed E-state index contributed by atoms with van der Waals surface area (Å²) < 4.78 is 36.8. The Morgan fingerprint density at radius 1 is 1.12 bits per heavy atom. The molecule has 0 aromatic heterocycles. The van der Waals surface area contributed by atoms with Gasteiger partial charge in [0.05, 0.1) is 9.73 Å². The number of halogens is 1. The molecule has 0 aliphatic carbocycles. The van der Waals surface area contributed by atoms with Crippen molar-refractivity contribution in [3.05, 3.63) is 29.3 Å². The molecule has 0 heterocycles. The number of hydrogen-bond donors (Lipinski definition) is 0. The molecule has 0 N–H and O–H groups in total. The molecule has 1 aromatic rings. The summed E-state index contributed by atoms with van der Waals surface area (Å²) in [5, 5.41) is 0. The summed E-state index contributed by atoms with van der Waals surface area (Å²) in [5.41, 5.74) is 1.96. The zero-order valence-corrected chi connectivity index (χ0v) is 11.5. The Bertz CT molecular complexity index is 628. The molecule has 0 amide bonds. The summed E-state index contributed by atoms with van der Waals surface area (Å²) in [6.45, 7) is 3.76. The van der Waals surface area contributed by atoms with Crippen LogP contribution in [0.25, 0.3) is 0 Å². The van der Waals surface area contributed by atoms with Crippen LogP contribution in [0.3, 0.4) is 0 Å². The lowest BCUT2D eigenvalue weighted by molar-refractivity contribution is 0.611. The van der Waals surface area contributed by atoms with E-state index in [0.717, 1.165) is 11.1 Å². The maximum atomic E-state index is 12.0. The highest BCUT2D eigenvalue weighted by Crippen LogP contribution is 2.18. The Labute approximate surface area is 100 Å². The van der Waals surface area contributed by atoms with Crippen LogP contribution >= 0.6 is 10.7 Å². The van der Waals surface area contributed by atoms with Crippen molar-refractivity contribution < 1.29 is 12.6 Å². The molecular weight excluding hydrogens is 270 g/mol. The monoisotopic (exact) mass is 281 g/mol. The van der Waals surface area contributed by atoms with Crippen LogP contribution in [0.2, 0.25) is 0 Å². The summed E-state index contributed by atoms with van der Waals surface area (Å²) in [5.74, 6) is 0. The van der Waals surface area contributed by atoms with E-state index < -0.39 is 19.0 Å². The second kappa shape index (κ2) is 4.35. The minimum Gasteiger partial charge on any atom is -0.244 e. The van der Waals surface area contributed by atoms with Gasteiger partial charge < -0.3 is 0 Å². The van der Waals surface area contributed by atoms with Gasteiger partial charge in [0.25, 0.3) is 0 Å². The van der Waals surface area contributed by atoms with Crippen LogP contribution in [0.1, 0.15) is 11.1 Å². The first-order valence-electron chi connectivity index (χ1n) is 4.37. The Morgan fingerprint density at radius 2 is 1.69 bits per heavy atom. The van der Waals surface area contributed by atoms with Crippen LogP contribution in [0.5, 0.6) is 0 Å². The molecular formula is C9H12ClNO3S2. The molecule has 90 valence electrons. The first-order valence-corrected chi connectivity index (χ1v) is 8.56.